The lowest BCUT2D eigenvalue weighted by molar-refractivity contribution is 0.0957. The van der Waals surface area contributed by atoms with E-state index < -0.39 is 0 Å². The monoisotopic (exact) mass is 267 g/mol. The van der Waals surface area contributed by atoms with Crippen molar-refractivity contribution in [2.75, 3.05) is 0 Å². The number of fused-ring (bicyclic) bond motifs is 1. The van der Waals surface area contributed by atoms with E-state index in [1.54, 1.807) is 6.20 Å². The van der Waals surface area contributed by atoms with Gasteiger partial charge in [-0.15, -0.1) is 0 Å². The Morgan fingerprint density at radius 3 is 2.70 bits per heavy atom. The summed E-state index contributed by atoms with van der Waals surface area (Å²) in [4.78, 5) is 16.7. The highest BCUT2D eigenvalue weighted by atomic mass is 16.1. The first-order chi connectivity index (χ1) is 9.83. The molecule has 1 aliphatic carbocycles. The Morgan fingerprint density at radius 1 is 1.10 bits per heavy atom. The summed E-state index contributed by atoms with van der Waals surface area (Å²) in [5, 5.41) is 1.05. The molecule has 0 aliphatic heterocycles. The number of hydrogen-bond acceptors (Lipinski definition) is 2. The summed E-state index contributed by atoms with van der Waals surface area (Å²) >= 11 is 0. The van der Waals surface area contributed by atoms with Crippen LogP contribution < -0.4 is 0 Å². The second kappa shape index (κ2) is 6.17. The number of benzene rings is 1. The molecule has 0 saturated heterocycles. The number of carbonyl (C=O) groups excluding carboxylic acids is 1. The minimum Gasteiger partial charge on any atom is -0.294 e. The van der Waals surface area contributed by atoms with Gasteiger partial charge in [0.1, 0.15) is 0 Å². The van der Waals surface area contributed by atoms with Gasteiger partial charge < -0.3 is 0 Å². The summed E-state index contributed by atoms with van der Waals surface area (Å²) in [5.41, 5.74) is 1.80. The summed E-state index contributed by atoms with van der Waals surface area (Å²) in [6.45, 7) is 0. The third-order valence-electron chi connectivity index (χ3n) is 4.37. The van der Waals surface area contributed by atoms with Crippen LogP contribution >= 0.6 is 0 Å². The number of carbonyl (C=O) groups is 1. The summed E-state index contributed by atoms with van der Waals surface area (Å²) in [7, 11) is 0. The van der Waals surface area contributed by atoms with Gasteiger partial charge in [0.2, 0.25) is 0 Å². The van der Waals surface area contributed by atoms with E-state index in [2.05, 4.69) is 4.98 Å². The summed E-state index contributed by atoms with van der Waals surface area (Å²) in [6, 6.07) is 9.80. The molecule has 0 amide bonds. The molecule has 2 heteroatoms. The maximum absolute atomic E-state index is 12.4. The fourth-order valence-electron chi connectivity index (χ4n) is 3.20. The van der Waals surface area contributed by atoms with Gasteiger partial charge in [-0.25, -0.2) is 0 Å². The van der Waals surface area contributed by atoms with Crippen LogP contribution in [-0.4, -0.2) is 10.8 Å². The van der Waals surface area contributed by atoms with Crippen molar-refractivity contribution in [3.8, 4) is 0 Å². The second-order valence-electron chi connectivity index (χ2n) is 5.90. The van der Waals surface area contributed by atoms with E-state index in [1.807, 2.05) is 30.3 Å². The topological polar surface area (TPSA) is 30.0 Å². The van der Waals surface area contributed by atoms with Gasteiger partial charge in [-0.05, 0) is 30.2 Å². The molecule has 1 fully saturated rings. The minimum absolute atomic E-state index is 0.294. The van der Waals surface area contributed by atoms with E-state index in [4.69, 9.17) is 0 Å². The Bertz CT molecular complexity index is 597. The lowest BCUT2D eigenvalue weighted by Gasteiger charge is -2.13. The lowest BCUT2D eigenvalue weighted by atomic mass is 9.92. The molecule has 20 heavy (non-hydrogen) atoms. The maximum atomic E-state index is 12.4. The molecule has 0 atom stereocenters. The molecular weight excluding hydrogens is 246 g/mol. The van der Waals surface area contributed by atoms with Crippen LogP contribution in [0.5, 0.6) is 0 Å². The van der Waals surface area contributed by atoms with Crippen molar-refractivity contribution in [3.05, 3.63) is 42.1 Å². The zero-order chi connectivity index (χ0) is 13.8. The molecule has 104 valence electrons. The zero-order valence-electron chi connectivity index (χ0n) is 11.8. The molecule has 1 aliphatic rings. The first kappa shape index (κ1) is 13.3. The number of aromatic nitrogens is 1. The Balaban J connectivity index is 1.74. The van der Waals surface area contributed by atoms with E-state index in [1.165, 1.54) is 38.5 Å². The van der Waals surface area contributed by atoms with Gasteiger partial charge in [0.05, 0.1) is 5.52 Å². The molecule has 0 spiro atoms. The molecule has 0 radical (unpaired) electrons. The summed E-state index contributed by atoms with van der Waals surface area (Å²) in [6.07, 6.45) is 10.2. The van der Waals surface area contributed by atoms with Crippen molar-refractivity contribution in [3.63, 3.8) is 0 Å². The van der Waals surface area contributed by atoms with Gasteiger partial charge in [0.25, 0.3) is 0 Å². The first-order valence-corrected chi connectivity index (χ1v) is 7.71. The van der Waals surface area contributed by atoms with Crippen LogP contribution in [0.3, 0.4) is 0 Å². The fraction of sp³-hybridized carbons (Fsp3) is 0.444. The van der Waals surface area contributed by atoms with Gasteiger partial charge in [0, 0.05) is 23.6 Å². The SMILES string of the molecule is O=C(CC1CCCCCC1)c1ccc2ncccc2c1. The average Bonchev–Trinajstić information content (AvgIpc) is 2.75. The van der Waals surface area contributed by atoms with Crippen LogP contribution in [-0.2, 0) is 0 Å². The highest BCUT2D eigenvalue weighted by Gasteiger charge is 2.17. The molecular formula is C18H21NO. The van der Waals surface area contributed by atoms with Crippen LogP contribution in [0.1, 0.15) is 55.3 Å². The highest BCUT2D eigenvalue weighted by Crippen LogP contribution is 2.27. The van der Waals surface area contributed by atoms with Gasteiger partial charge in [-0.3, -0.25) is 9.78 Å². The van der Waals surface area contributed by atoms with Gasteiger partial charge >= 0.3 is 0 Å². The normalized spacial score (nSPS) is 17.0. The number of hydrogen-bond donors (Lipinski definition) is 0. The van der Waals surface area contributed by atoms with Gasteiger partial charge in [-0.2, -0.15) is 0 Å². The molecule has 1 heterocycles. The number of pyridine rings is 1. The molecule has 0 N–H and O–H groups in total. The van der Waals surface area contributed by atoms with E-state index in [0.29, 0.717) is 18.1 Å². The zero-order valence-corrected chi connectivity index (χ0v) is 11.8. The van der Waals surface area contributed by atoms with E-state index >= 15 is 0 Å². The average molecular weight is 267 g/mol. The third-order valence-corrected chi connectivity index (χ3v) is 4.37. The highest BCUT2D eigenvalue weighted by molar-refractivity contribution is 5.99. The third kappa shape index (κ3) is 3.06. The number of Topliss-reactive ketones (excluding diaryl/α,β-unsaturated/α-hetero) is 1. The molecule has 3 rings (SSSR count). The van der Waals surface area contributed by atoms with Gasteiger partial charge in [-0.1, -0.05) is 44.6 Å². The van der Waals surface area contributed by atoms with Crippen LogP contribution in [0.2, 0.25) is 0 Å². The van der Waals surface area contributed by atoms with Crippen LogP contribution in [0.4, 0.5) is 0 Å². The molecule has 2 nitrogen and oxygen atoms in total. The van der Waals surface area contributed by atoms with Crippen molar-refractivity contribution in [2.24, 2.45) is 5.92 Å². The van der Waals surface area contributed by atoms with Crippen LogP contribution in [0.25, 0.3) is 10.9 Å². The van der Waals surface area contributed by atoms with Crippen LogP contribution in [0, 0.1) is 5.92 Å². The Kier molecular flexibility index (Phi) is 4.10. The quantitative estimate of drug-likeness (QED) is 0.592. The molecule has 0 bridgehead atoms. The van der Waals surface area contributed by atoms with E-state index in [0.717, 1.165) is 16.5 Å². The number of nitrogens with zero attached hydrogens (tertiary/aromatic N) is 1. The molecule has 1 saturated carbocycles. The Hall–Kier alpha value is -1.70. The second-order valence-corrected chi connectivity index (χ2v) is 5.90. The van der Waals surface area contributed by atoms with E-state index in [-0.39, 0.29) is 0 Å². The van der Waals surface area contributed by atoms with Crippen molar-refractivity contribution < 1.29 is 4.79 Å². The lowest BCUT2D eigenvalue weighted by Crippen LogP contribution is -2.08. The predicted octanol–water partition coefficient (Wildman–Crippen LogP) is 4.78. The summed E-state index contributed by atoms with van der Waals surface area (Å²) in [5.74, 6) is 0.886. The maximum Gasteiger partial charge on any atom is 0.163 e. The molecule has 2 aromatic rings. The van der Waals surface area contributed by atoms with Crippen molar-refractivity contribution >= 4 is 16.7 Å². The summed E-state index contributed by atoms with van der Waals surface area (Å²) < 4.78 is 0. The van der Waals surface area contributed by atoms with Crippen molar-refractivity contribution in [1.29, 1.82) is 0 Å². The van der Waals surface area contributed by atoms with Gasteiger partial charge in [0.15, 0.2) is 5.78 Å². The standard InChI is InChI=1S/C18H21NO/c20-18(12-14-6-3-1-2-4-7-14)16-9-10-17-15(13-16)8-5-11-19-17/h5,8-11,13-14H,1-4,6-7,12H2. The molecule has 1 aromatic heterocycles. The number of rotatable bonds is 3. The predicted molar refractivity (Wildman–Crippen MR) is 81.9 cm³/mol. The largest absolute Gasteiger partial charge is 0.294 e. The first-order valence-electron chi connectivity index (χ1n) is 7.71. The molecule has 0 unspecified atom stereocenters. The van der Waals surface area contributed by atoms with Crippen molar-refractivity contribution in [2.45, 2.75) is 44.9 Å². The Labute approximate surface area is 120 Å². The number of ketones is 1. The Morgan fingerprint density at radius 2 is 1.90 bits per heavy atom. The minimum atomic E-state index is 0.294. The van der Waals surface area contributed by atoms with E-state index in [9.17, 15) is 4.79 Å². The van der Waals surface area contributed by atoms with Crippen molar-refractivity contribution in [1.82, 2.24) is 4.98 Å². The molecule has 1 aromatic carbocycles. The van der Waals surface area contributed by atoms with Crippen LogP contribution in [0.15, 0.2) is 36.5 Å². The fourth-order valence-corrected chi connectivity index (χ4v) is 3.20. The smallest absolute Gasteiger partial charge is 0.163 e.